The lowest BCUT2D eigenvalue weighted by Crippen LogP contribution is -2.52. The van der Waals surface area contributed by atoms with Crippen LogP contribution in [0.25, 0.3) is 0 Å². The van der Waals surface area contributed by atoms with E-state index >= 15 is 0 Å². The first kappa shape index (κ1) is 16.1. The molecule has 0 radical (unpaired) electrons. The third kappa shape index (κ3) is 2.27. The number of aliphatic hydroxyl groups is 1. The van der Waals surface area contributed by atoms with Crippen LogP contribution in [0.4, 0.5) is 0 Å². The second kappa shape index (κ2) is 5.31. The van der Waals surface area contributed by atoms with E-state index in [4.69, 9.17) is 0 Å². The summed E-state index contributed by atoms with van der Waals surface area (Å²) in [7, 11) is 0. The van der Waals surface area contributed by atoms with Gasteiger partial charge in [-0.2, -0.15) is 0 Å². The average Bonchev–Trinajstić information content (AvgIpc) is 2.83. The molecule has 0 aromatic rings. The van der Waals surface area contributed by atoms with Gasteiger partial charge in [-0.15, -0.1) is 0 Å². The highest BCUT2D eigenvalue weighted by atomic mass is 16.3. The summed E-state index contributed by atoms with van der Waals surface area (Å²) in [5.74, 6) is 4.10. The molecular formula is C21H34O2. The molecule has 0 spiro atoms. The minimum Gasteiger partial charge on any atom is -0.393 e. The van der Waals surface area contributed by atoms with E-state index < -0.39 is 0 Å². The quantitative estimate of drug-likeness (QED) is 0.767. The Hall–Kier alpha value is -0.370. The molecule has 23 heavy (non-hydrogen) atoms. The first-order chi connectivity index (χ1) is 10.8. The highest BCUT2D eigenvalue weighted by molar-refractivity contribution is 5.79. The number of hydrogen-bond acceptors (Lipinski definition) is 2. The Labute approximate surface area is 141 Å². The fourth-order valence-corrected chi connectivity index (χ4v) is 7.93. The van der Waals surface area contributed by atoms with Gasteiger partial charge in [0.1, 0.15) is 5.78 Å². The Morgan fingerprint density at radius 2 is 1.57 bits per heavy atom. The van der Waals surface area contributed by atoms with Crippen molar-refractivity contribution in [1.82, 2.24) is 0 Å². The van der Waals surface area contributed by atoms with E-state index in [-0.39, 0.29) is 11.5 Å². The Bertz CT molecular complexity index is 500. The minimum absolute atomic E-state index is 0.0600. The SMILES string of the molecule is CC(=O)[C@H]1CC[C@H]2[C@@H]3CC[C@]4(C)C[C@@H](O)CC[C@@H]4[C@H]3CC[C@]12C. The van der Waals surface area contributed by atoms with Gasteiger partial charge in [0, 0.05) is 5.92 Å². The first-order valence-corrected chi connectivity index (χ1v) is 10.0. The van der Waals surface area contributed by atoms with Crippen molar-refractivity contribution in [3.05, 3.63) is 0 Å². The molecule has 0 bridgehead atoms. The number of aliphatic hydroxyl groups excluding tert-OH is 1. The topological polar surface area (TPSA) is 37.3 Å². The summed E-state index contributed by atoms with van der Waals surface area (Å²) < 4.78 is 0. The van der Waals surface area contributed by atoms with Gasteiger partial charge >= 0.3 is 0 Å². The van der Waals surface area contributed by atoms with Crippen LogP contribution in [0.15, 0.2) is 0 Å². The molecule has 130 valence electrons. The van der Waals surface area contributed by atoms with Crippen molar-refractivity contribution in [2.24, 2.45) is 40.4 Å². The largest absolute Gasteiger partial charge is 0.393 e. The highest BCUT2D eigenvalue weighted by Gasteiger charge is 2.59. The maximum absolute atomic E-state index is 12.2. The Kier molecular flexibility index (Phi) is 3.72. The fraction of sp³-hybridized carbons (Fsp3) is 0.952. The molecule has 0 saturated heterocycles. The van der Waals surface area contributed by atoms with Crippen molar-refractivity contribution in [3.8, 4) is 0 Å². The van der Waals surface area contributed by atoms with Gasteiger partial charge in [-0.25, -0.2) is 0 Å². The van der Waals surface area contributed by atoms with Crippen LogP contribution < -0.4 is 0 Å². The lowest BCUT2D eigenvalue weighted by molar-refractivity contribution is -0.133. The summed E-state index contributed by atoms with van der Waals surface area (Å²) in [5, 5.41) is 10.2. The van der Waals surface area contributed by atoms with Crippen LogP contribution >= 0.6 is 0 Å². The summed E-state index contributed by atoms with van der Waals surface area (Å²) in [6.45, 7) is 6.72. The van der Waals surface area contributed by atoms with Crippen LogP contribution in [0.5, 0.6) is 0 Å². The normalized spacial score (nSPS) is 55.7. The van der Waals surface area contributed by atoms with E-state index in [1.54, 1.807) is 0 Å². The lowest BCUT2D eigenvalue weighted by Gasteiger charge is -2.59. The highest BCUT2D eigenvalue weighted by Crippen LogP contribution is 2.66. The van der Waals surface area contributed by atoms with Crippen LogP contribution in [0.2, 0.25) is 0 Å². The molecule has 1 N–H and O–H groups in total. The van der Waals surface area contributed by atoms with Gasteiger partial charge in [0.05, 0.1) is 6.10 Å². The van der Waals surface area contributed by atoms with E-state index in [0.29, 0.717) is 17.1 Å². The molecule has 0 heterocycles. The van der Waals surface area contributed by atoms with Crippen LogP contribution in [-0.2, 0) is 4.79 Å². The molecule has 2 heteroatoms. The zero-order valence-electron chi connectivity index (χ0n) is 15.2. The summed E-state index contributed by atoms with van der Waals surface area (Å²) in [6, 6.07) is 0. The van der Waals surface area contributed by atoms with Crippen molar-refractivity contribution in [1.29, 1.82) is 0 Å². The third-order valence-electron chi connectivity index (χ3n) is 8.96. The Morgan fingerprint density at radius 3 is 2.30 bits per heavy atom. The molecule has 0 aromatic carbocycles. The maximum Gasteiger partial charge on any atom is 0.133 e. The van der Waals surface area contributed by atoms with Gasteiger partial charge in [-0.1, -0.05) is 13.8 Å². The molecule has 0 unspecified atom stereocenters. The van der Waals surface area contributed by atoms with Crippen LogP contribution in [0.3, 0.4) is 0 Å². The molecule has 0 aromatic heterocycles. The van der Waals surface area contributed by atoms with E-state index in [1.165, 1.54) is 38.5 Å². The number of hydrogen-bond donors (Lipinski definition) is 1. The number of rotatable bonds is 1. The molecule has 8 atom stereocenters. The van der Waals surface area contributed by atoms with Gasteiger partial charge in [0.15, 0.2) is 0 Å². The fourth-order valence-electron chi connectivity index (χ4n) is 7.93. The number of ketones is 1. The van der Waals surface area contributed by atoms with Gasteiger partial charge in [0.25, 0.3) is 0 Å². The molecular weight excluding hydrogens is 284 g/mol. The maximum atomic E-state index is 12.2. The van der Waals surface area contributed by atoms with Crippen molar-refractivity contribution in [2.45, 2.75) is 84.7 Å². The molecule has 0 amide bonds. The van der Waals surface area contributed by atoms with Crippen molar-refractivity contribution >= 4 is 5.78 Å². The Morgan fingerprint density at radius 1 is 0.913 bits per heavy atom. The first-order valence-electron chi connectivity index (χ1n) is 10.0. The van der Waals surface area contributed by atoms with E-state index in [9.17, 15) is 9.90 Å². The van der Waals surface area contributed by atoms with Crippen molar-refractivity contribution < 1.29 is 9.90 Å². The average molecular weight is 319 g/mol. The summed E-state index contributed by atoms with van der Waals surface area (Å²) in [5.41, 5.74) is 0.667. The van der Waals surface area contributed by atoms with E-state index in [0.717, 1.165) is 42.9 Å². The van der Waals surface area contributed by atoms with Crippen molar-refractivity contribution in [2.75, 3.05) is 0 Å². The molecule has 4 aliphatic rings. The monoisotopic (exact) mass is 318 g/mol. The summed E-state index contributed by atoms with van der Waals surface area (Å²) >= 11 is 0. The molecule has 4 saturated carbocycles. The second-order valence-electron chi connectivity index (χ2n) is 9.95. The van der Waals surface area contributed by atoms with Crippen LogP contribution in [-0.4, -0.2) is 17.0 Å². The number of fused-ring (bicyclic) bond motifs is 5. The number of Topliss-reactive ketones (excluding diaryl/α,β-unsaturated/α-hetero) is 1. The minimum atomic E-state index is -0.0600. The third-order valence-corrected chi connectivity index (χ3v) is 8.96. The summed E-state index contributed by atoms with van der Waals surface area (Å²) in [4.78, 5) is 12.2. The van der Waals surface area contributed by atoms with Crippen LogP contribution in [0, 0.1) is 40.4 Å². The van der Waals surface area contributed by atoms with E-state index in [2.05, 4.69) is 13.8 Å². The van der Waals surface area contributed by atoms with Crippen molar-refractivity contribution in [3.63, 3.8) is 0 Å². The number of carbonyl (C=O) groups is 1. The smallest absolute Gasteiger partial charge is 0.133 e. The Balaban J connectivity index is 1.60. The molecule has 0 aliphatic heterocycles. The zero-order chi connectivity index (χ0) is 16.4. The lowest BCUT2D eigenvalue weighted by atomic mass is 9.46. The molecule has 4 aliphatic carbocycles. The van der Waals surface area contributed by atoms with E-state index in [1.807, 2.05) is 6.92 Å². The van der Waals surface area contributed by atoms with Crippen LogP contribution in [0.1, 0.15) is 78.6 Å². The zero-order valence-corrected chi connectivity index (χ0v) is 15.2. The predicted octanol–water partition coefficient (Wildman–Crippen LogP) is 4.60. The van der Waals surface area contributed by atoms with Gasteiger partial charge < -0.3 is 5.11 Å². The second-order valence-corrected chi connectivity index (χ2v) is 9.95. The molecule has 4 fully saturated rings. The summed E-state index contributed by atoms with van der Waals surface area (Å²) in [6.07, 6.45) is 10.9. The van der Waals surface area contributed by atoms with Gasteiger partial charge in [-0.3, -0.25) is 4.79 Å². The number of carbonyl (C=O) groups excluding carboxylic acids is 1. The molecule has 2 nitrogen and oxygen atoms in total. The molecule has 4 rings (SSSR count). The van der Waals surface area contributed by atoms with Gasteiger partial charge in [-0.05, 0) is 99.2 Å². The van der Waals surface area contributed by atoms with Gasteiger partial charge in [0.2, 0.25) is 0 Å². The predicted molar refractivity (Wildman–Crippen MR) is 91.9 cm³/mol. The standard InChI is InChI=1S/C21H34O2/c1-13(22)17-6-7-19-16-8-10-20(2)12-14(23)4-5-18(20)15(16)9-11-21(17,19)3/h14-19,23H,4-12H2,1-3H3/t14-,15-,16+,17+,18+,19-,20+,21+/m0/s1.